The van der Waals surface area contributed by atoms with Gasteiger partial charge >= 0.3 is 0 Å². The Morgan fingerprint density at radius 3 is 2.74 bits per heavy atom. The van der Waals surface area contributed by atoms with Crippen molar-refractivity contribution in [1.82, 2.24) is 14.9 Å². The molecule has 0 bridgehead atoms. The fourth-order valence-corrected chi connectivity index (χ4v) is 2.10. The normalized spacial score (nSPS) is 11.1. The first-order chi connectivity index (χ1) is 9.27. The molecule has 0 aliphatic heterocycles. The van der Waals surface area contributed by atoms with Gasteiger partial charge in [-0.3, -0.25) is 0 Å². The van der Waals surface area contributed by atoms with Crippen LogP contribution >= 0.6 is 0 Å². The van der Waals surface area contributed by atoms with E-state index in [4.69, 9.17) is 0 Å². The van der Waals surface area contributed by atoms with Crippen molar-refractivity contribution < 1.29 is 0 Å². The summed E-state index contributed by atoms with van der Waals surface area (Å²) in [6.07, 6.45) is 5.07. The number of aryl methyl sites for hydroxylation is 1. The number of nitrogens with one attached hydrogen (secondary N) is 1. The summed E-state index contributed by atoms with van der Waals surface area (Å²) in [6, 6.07) is 10.4. The van der Waals surface area contributed by atoms with E-state index in [2.05, 4.69) is 59.2 Å². The molecule has 3 heteroatoms. The lowest BCUT2D eigenvalue weighted by molar-refractivity contribution is 0.523. The van der Waals surface area contributed by atoms with Crippen molar-refractivity contribution >= 4 is 0 Å². The van der Waals surface area contributed by atoms with Crippen LogP contribution in [0, 0.1) is 5.92 Å². The molecule has 0 radical (unpaired) electrons. The van der Waals surface area contributed by atoms with Crippen molar-refractivity contribution in [2.24, 2.45) is 5.92 Å². The third-order valence-corrected chi connectivity index (χ3v) is 3.05. The number of hydrogen-bond donors (Lipinski definition) is 1. The molecule has 3 nitrogen and oxygen atoms in total. The smallest absolute Gasteiger partial charge is 0.139 e. The van der Waals surface area contributed by atoms with E-state index in [1.807, 2.05) is 12.3 Å². The fraction of sp³-hybridized carbons (Fsp3) is 0.438. The fourth-order valence-electron chi connectivity index (χ4n) is 2.10. The third kappa shape index (κ3) is 4.21. The molecule has 2 rings (SSSR count). The largest absolute Gasteiger partial charge is 0.331 e. The van der Waals surface area contributed by atoms with Gasteiger partial charge in [-0.2, -0.15) is 0 Å². The van der Waals surface area contributed by atoms with E-state index < -0.39 is 0 Å². The molecule has 0 saturated carbocycles. The predicted octanol–water partition coefficient (Wildman–Crippen LogP) is 3.19. The number of aromatic nitrogens is 2. The van der Waals surface area contributed by atoms with E-state index >= 15 is 0 Å². The van der Waals surface area contributed by atoms with Gasteiger partial charge in [0.25, 0.3) is 0 Å². The summed E-state index contributed by atoms with van der Waals surface area (Å²) >= 11 is 0. The Labute approximate surface area is 115 Å². The summed E-state index contributed by atoms with van der Waals surface area (Å²) < 4.78 is 2.23. The molecular weight excluding hydrogens is 234 g/mol. The van der Waals surface area contributed by atoms with E-state index in [0.29, 0.717) is 5.92 Å². The van der Waals surface area contributed by atoms with Crippen LogP contribution in [0.3, 0.4) is 0 Å². The van der Waals surface area contributed by atoms with E-state index in [-0.39, 0.29) is 0 Å². The summed E-state index contributed by atoms with van der Waals surface area (Å²) in [5, 5.41) is 3.47. The van der Waals surface area contributed by atoms with Crippen LogP contribution in [0.2, 0.25) is 0 Å². The molecule has 0 atom stereocenters. The first-order valence-corrected chi connectivity index (χ1v) is 7.04. The van der Waals surface area contributed by atoms with Gasteiger partial charge in [0.15, 0.2) is 0 Å². The molecule has 102 valence electrons. The second-order valence-corrected chi connectivity index (χ2v) is 5.26. The molecule has 1 N–H and O–H groups in total. The molecule has 0 aliphatic carbocycles. The van der Waals surface area contributed by atoms with Crippen molar-refractivity contribution in [3.8, 4) is 11.4 Å². The first kappa shape index (κ1) is 13.8. The quantitative estimate of drug-likeness (QED) is 0.772. The number of hydrogen-bond acceptors (Lipinski definition) is 2. The van der Waals surface area contributed by atoms with Crippen molar-refractivity contribution in [3.63, 3.8) is 0 Å². The zero-order chi connectivity index (χ0) is 13.5. The maximum absolute atomic E-state index is 4.46. The lowest BCUT2D eigenvalue weighted by Crippen LogP contribution is -2.21. The van der Waals surface area contributed by atoms with Gasteiger partial charge in [0, 0.05) is 24.5 Å². The van der Waals surface area contributed by atoms with Crippen molar-refractivity contribution in [1.29, 1.82) is 0 Å². The van der Waals surface area contributed by atoms with Gasteiger partial charge in [-0.1, -0.05) is 44.2 Å². The van der Waals surface area contributed by atoms with Gasteiger partial charge in [0.1, 0.15) is 5.82 Å². The van der Waals surface area contributed by atoms with E-state index in [1.165, 1.54) is 5.56 Å². The molecule has 0 fully saturated rings. The highest BCUT2D eigenvalue weighted by atomic mass is 15.1. The van der Waals surface area contributed by atoms with Crippen LogP contribution in [0.4, 0.5) is 0 Å². The summed E-state index contributed by atoms with van der Waals surface area (Å²) in [5.74, 6) is 1.78. The maximum atomic E-state index is 4.46. The average molecular weight is 257 g/mol. The van der Waals surface area contributed by atoms with Crippen molar-refractivity contribution in [2.45, 2.75) is 26.8 Å². The second-order valence-electron chi connectivity index (χ2n) is 5.26. The Hall–Kier alpha value is -1.61. The lowest BCUT2D eigenvalue weighted by atomic mass is 10.2. The minimum Gasteiger partial charge on any atom is -0.331 e. The summed E-state index contributed by atoms with van der Waals surface area (Å²) in [6.45, 7) is 7.63. The Morgan fingerprint density at radius 2 is 2.00 bits per heavy atom. The minimum atomic E-state index is 0.716. The summed E-state index contributed by atoms with van der Waals surface area (Å²) in [5.41, 5.74) is 1.18. The molecule has 0 amide bonds. The van der Waals surface area contributed by atoms with Crippen molar-refractivity contribution in [3.05, 3.63) is 42.7 Å². The van der Waals surface area contributed by atoms with E-state index in [0.717, 1.165) is 31.9 Å². The van der Waals surface area contributed by atoms with Crippen LogP contribution in [0.5, 0.6) is 0 Å². The molecule has 0 aliphatic rings. The molecular formula is C16H23N3. The molecule has 0 saturated heterocycles. The van der Waals surface area contributed by atoms with Crippen LogP contribution < -0.4 is 5.32 Å². The van der Waals surface area contributed by atoms with Crippen LogP contribution in [0.25, 0.3) is 11.4 Å². The molecule has 2 aromatic rings. The lowest BCUT2D eigenvalue weighted by Gasteiger charge is -2.10. The van der Waals surface area contributed by atoms with E-state index in [9.17, 15) is 0 Å². The van der Waals surface area contributed by atoms with Crippen molar-refractivity contribution in [2.75, 3.05) is 13.1 Å². The number of benzene rings is 1. The van der Waals surface area contributed by atoms with E-state index in [1.54, 1.807) is 0 Å². The topological polar surface area (TPSA) is 29.9 Å². The maximum Gasteiger partial charge on any atom is 0.139 e. The number of nitrogens with zero attached hydrogens (tertiary/aromatic N) is 2. The van der Waals surface area contributed by atoms with Crippen LogP contribution in [0.1, 0.15) is 20.3 Å². The highest BCUT2D eigenvalue weighted by molar-refractivity contribution is 5.54. The SMILES string of the molecule is CC(C)CNCCCn1ccnc1-c1ccccc1. The standard InChI is InChI=1S/C16H23N3/c1-14(2)13-17-9-6-11-19-12-10-18-16(19)15-7-4-3-5-8-15/h3-5,7-8,10,12,14,17H,6,9,11,13H2,1-2H3. The van der Waals surface area contributed by atoms with Gasteiger partial charge in [0.2, 0.25) is 0 Å². The molecule has 1 aromatic carbocycles. The Balaban J connectivity index is 1.87. The Bertz CT molecular complexity index is 474. The number of imidazole rings is 1. The van der Waals surface area contributed by atoms with Gasteiger partial charge in [-0.25, -0.2) is 4.98 Å². The molecule has 19 heavy (non-hydrogen) atoms. The molecule has 1 heterocycles. The van der Waals surface area contributed by atoms with Gasteiger partial charge < -0.3 is 9.88 Å². The van der Waals surface area contributed by atoms with Crippen LogP contribution in [-0.2, 0) is 6.54 Å². The summed E-state index contributed by atoms with van der Waals surface area (Å²) in [4.78, 5) is 4.46. The monoisotopic (exact) mass is 257 g/mol. The van der Waals surface area contributed by atoms with Crippen LogP contribution in [-0.4, -0.2) is 22.6 Å². The van der Waals surface area contributed by atoms with Gasteiger partial charge in [-0.05, 0) is 25.4 Å². The van der Waals surface area contributed by atoms with Gasteiger partial charge in [0.05, 0.1) is 0 Å². The second kappa shape index (κ2) is 7.10. The predicted molar refractivity (Wildman–Crippen MR) is 80.0 cm³/mol. The first-order valence-electron chi connectivity index (χ1n) is 7.04. The third-order valence-electron chi connectivity index (χ3n) is 3.05. The Kier molecular flexibility index (Phi) is 5.16. The molecule has 1 aromatic heterocycles. The average Bonchev–Trinajstić information content (AvgIpc) is 2.87. The summed E-state index contributed by atoms with van der Waals surface area (Å²) in [7, 11) is 0. The van der Waals surface area contributed by atoms with Gasteiger partial charge in [-0.15, -0.1) is 0 Å². The highest BCUT2D eigenvalue weighted by Crippen LogP contribution is 2.16. The molecule has 0 unspecified atom stereocenters. The number of rotatable bonds is 7. The zero-order valence-corrected chi connectivity index (χ0v) is 11.8. The molecule has 0 spiro atoms. The van der Waals surface area contributed by atoms with Crippen LogP contribution in [0.15, 0.2) is 42.7 Å². The highest BCUT2D eigenvalue weighted by Gasteiger charge is 2.04. The Morgan fingerprint density at radius 1 is 1.21 bits per heavy atom. The minimum absolute atomic E-state index is 0.716. The zero-order valence-electron chi connectivity index (χ0n) is 11.8.